The van der Waals surface area contributed by atoms with E-state index in [1.54, 1.807) is 17.3 Å². The number of imidazole rings is 1. The molecule has 15 heavy (non-hydrogen) atoms. The molecular formula is C10H15N3O2. The Morgan fingerprint density at radius 3 is 2.53 bits per heavy atom. The van der Waals surface area contributed by atoms with E-state index >= 15 is 0 Å². The molecule has 0 aromatic carbocycles. The van der Waals surface area contributed by atoms with Crippen LogP contribution in [0.1, 0.15) is 30.4 Å². The van der Waals surface area contributed by atoms with E-state index < -0.39 is 0 Å². The summed E-state index contributed by atoms with van der Waals surface area (Å²) < 4.78 is 0. The predicted octanol–water partition coefficient (Wildman–Crippen LogP) is 0.851. The van der Waals surface area contributed by atoms with Gasteiger partial charge in [0.2, 0.25) is 5.91 Å². The number of carbonyl (C=O) groups is 2. The van der Waals surface area contributed by atoms with Crippen LogP contribution in [0, 0.1) is 0 Å². The molecule has 0 unspecified atom stereocenters. The van der Waals surface area contributed by atoms with Crippen molar-refractivity contribution in [3.8, 4) is 0 Å². The fourth-order valence-corrected chi connectivity index (χ4v) is 1.24. The Labute approximate surface area is 88.5 Å². The van der Waals surface area contributed by atoms with Crippen LogP contribution in [0.4, 0.5) is 0 Å². The number of nitrogens with zero attached hydrogens (tertiary/aromatic N) is 2. The van der Waals surface area contributed by atoms with Crippen molar-refractivity contribution in [3.63, 3.8) is 0 Å². The quantitative estimate of drug-likeness (QED) is 0.697. The van der Waals surface area contributed by atoms with E-state index in [0.29, 0.717) is 11.7 Å². The fraction of sp³-hybridized carbons (Fsp3) is 0.500. The van der Waals surface area contributed by atoms with E-state index in [0.717, 1.165) is 19.4 Å². The number of rotatable bonds is 1. The summed E-state index contributed by atoms with van der Waals surface area (Å²) in [6, 6.07) is 0. The fourth-order valence-electron chi connectivity index (χ4n) is 1.24. The van der Waals surface area contributed by atoms with Crippen LogP contribution in [-0.2, 0) is 4.79 Å². The molecule has 1 saturated heterocycles. The highest BCUT2D eigenvalue weighted by Gasteiger charge is 2.14. The second-order valence-corrected chi connectivity index (χ2v) is 3.41. The van der Waals surface area contributed by atoms with Gasteiger partial charge >= 0.3 is 0 Å². The zero-order valence-electron chi connectivity index (χ0n) is 8.99. The molecule has 1 aromatic heterocycles. The highest BCUT2D eigenvalue weighted by atomic mass is 16.2. The Balaban J connectivity index is 0.000000151. The molecule has 1 amide bonds. The summed E-state index contributed by atoms with van der Waals surface area (Å²) in [6.45, 7) is 2.43. The average Bonchev–Trinajstić information content (AvgIpc) is 2.80. The Morgan fingerprint density at radius 1 is 1.60 bits per heavy atom. The van der Waals surface area contributed by atoms with Gasteiger partial charge in [0, 0.05) is 39.3 Å². The van der Waals surface area contributed by atoms with Gasteiger partial charge in [-0.2, -0.15) is 0 Å². The van der Waals surface area contributed by atoms with Crippen LogP contribution in [0.2, 0.25) is 0 Å². The Bertz CT molecular complexity index is 332. The molecule has 1 fully saturated rings. The first kappa shape index (κ1) is 11.4. The SMILES string of the molecule is CC(=O)c1ncc[nH]1.CN1CCCC1=O. The molecule has 1 aliphatic heterocycles. The molecule has 2 heterocycles. The maximum Gasteiger partial charge on any atom is 0.222 e. The van der Waals surface area contributed by atoms with Crippen LogP contribution >= 0.6 is 0 Å². The minimum Gasteiger partial charge on any atom is -0.346 e. The molecule has 0 saturated carbocycles. The third-order valence-electron chi connectivity index (χ3n) is 2.14. The molecule has 1 aliphatic rings. The number of Topliss-reactive ketones (excluding diaryl/α,β-unsaturated/α-hetero) is 1. The summed E-state index contributed by atoms with van der Waals surface area (Å²) in [5, 5.41) is 0. The number of carbonyl (C=O) groups excluding carboxylic acids is 2. The van der Waals surface area contributed by atoms with Crippen molar-refractivity contribution >= 4 is 11.7 Å². The highest BCUT2D eigenvalue weighted by molar-refractivity contribution is 5.90. The zero-order valence-corrected chi connectivity index (χ0v) is 8.99. The minimum atomic E-state index is -0.0324. The average molecular weight is 209 g/mol. The van der Waals surface area contributed by atoms with Crippen molar-refractivity contribution in [1.82, 2.24) is 14.9 Å². The minimum absolute atomic E-state index is 0.0324. The van der Waals surface area contributed by atoms with Gasteiger partial charge < -0.3 is 9.88 Å². The summed E-state index contributed by atoms with van der Waals surface area (Å²) in [6.07, 6.45) is 4.99. The van der Waals surface area contributed by atoms with E-state index in [-0.39, 0.29) is 5.78 Å². The number of aromatic amines is 1. The van der Waals surface area contributed by atoms with E-state index in [1.165, 1.54) is 6.92 Å². The van der Waals surface area contributed by atoms with Crippen molar-refractivity contribution in [2.24, 2.45) is 0 Å². The molecule has 1 N–H and O–H groups in total. The second kappa shape index (κ2) is 5.29. The molecular weight excluding hydrogens is 194 g/mol. The van der Waals surface area contributed by atoms with Gasteiger partial charge in [-0.15, -0.1) is 0 Å². The van der Waals surface area contributed by atoms with Gasteiger partial charge in [0.25, 0.3) is 0 Å². The van der Waals surface area contributed by atoms with E-state index in [1.807, 2.05) is 7.05 Å². The van der Waals surface area contributed by atoms with Crippen LogP contribution in [0.15, 0.2) is 12.4 Å². The number of nitrogens with one attached hydrogen (secondary N) is 1. The molecule has 82 valence electrons. The molecule has 2 rings (SSSR count). The largest absolute Gasteiger partial charge is 0.346 e. The number of hydrogen-bond acceptors (Lipinski definition) is 3. The molecule has 5 heteroatoms. The first-order chi connectivity index (χ1) is 7.11. The normalized spacial score (nSPS) is 14.8. The molecule has 1 aromatic rings. The summed E-state index contributed by atoms with van der Waals surface area (Å²) in [7, 11) is 1.84. The van der Waals surface area contributed by atoms with Crippen LogP contribution in [0.25, 0.3) is 0 Å². The van der Waals surface area contributed by atoms with Crippen LogP contribution in [0.5, 0.6) is 0 Å². The number of amides is 1. The lowest BCUT2D eigenvalue weighted by atomic mass is 10.4. The number of hydrogen-bond donors (Lipinski definition) is 1. The number of likely N-dealkylation sites (tertiary alicyclic amines) is 1. The Hall–Kier alpha value is -1.65. The van der Waals surface area contributed by atoms with Crippen LogP contribution < -0.4 is 0 Å². The van der Waals surface area contributed by atoms with Gasteiger partial charge in [-0.3, -0.25) is 9.59 Å². The Morgan fingerprint density at radius 2 is 2.33 bits per heavy atom. The van der Waals surface area contributed by atoms with Crippen molar-refractivity contribution in [2.75, 3.05) is 13.6 Å². The third-order valence-corrected chi connectivity index (χ3v) is 2.14. The molecule has 0 spiro atoms. The van der Waals surface area contributed by atoms with Crippen molar-refractivity contribution in [2.45, 2.75) is 19.8 Å². The van der Waals surface area contributed by atoms with Gasteiger partial charge in [0.05, 0.1) is 0 Å². The molecule has 5 nitrogen and oxygen atoms in total. The second-order valence-electron chi connectivity index (χ2n) is 3.41. The van der Waals surface area contributed by atoms with E-state index in [2.05, 4.69) is 9.97 Å². The highest BCUT2D eigenvalue weighted by Crippen LogP contribution is 2.04. The van der Waals surface area contributed by atoms with Crippen LogP contribution in [0.3, 0.4) is 0 Å². The maximum atomic E-state index is 10.5. The molecule has 0 atom stereocenters. The number of ketones is 1. The standard InChI is InChI=1S/C5H6N2O.C5H9NO/c1-4(8)5-6-2-3-7-5;1-6-4-2-3-5(6)7/h2-3H,1H3,(H,6,7);2-4H2,1H3. The van der Waals surface area contributed by atoms with Crippen LogP contribution in [-0.4, -0.2) is 40.2 Å². The number of H-pyrrole nitrogens is 1. The topological polar surface area (TPSA) is 66.1 Å². The Kier molecular flexibility index (Phi) is 4.03. The van der Waals surface area contributed by atoms with Gasteiger partial charge in [0.1, 0.15) is 0 Å². The van der Waals surface area contributed by atoms with Gasteiger partial charge in [-0.25, -0.2) is 4.98 Å². The smallest absolute Gasteiger partial charge is 0.222 e. The summed E-state index contributed by atoms with van der Waals surface area (Å²) in [5.74, 6) is 0.681. The molecule has 0 aliphatic carbocycles. The first-order valence-corrected chi connectivity index (χ1v) is 4.85. The van der Waals surface area contributed by atoms with Crippen molar-refractivity contribution in [1.29, 1.82) is 0 Å². The summed E-state index contributed by atoms with van der Waals surface area (Å²) >= 11 is 0. The van der Waals surface area contributed by atoms with Gasteiger partial charge in [0.15, 0.2) is 11.6 Å². The predicted molar refractivity (Wildman–Crippen MR) is 55.5 cm³/mol. The van der Waals surface area contributed by atoms with Gasteiger partial charge in [-0.05, 0) is 6.42 Å². The lowest BCUT2D eigenvalue weighted by Gasteiger charge is -2.03. The van der Waals surface area contributed by atoms with E-state index in [4.69, 9.17) is 0 Å². The van der Waals surface area contributed by atoms with Gasteiger partial charge in [-0.1, -0.05) is 0 Å². The summed E-state index contributed by atoms with van der Waals surface area (Å²) in [5.41, 5.74) is 0. The van der Waals surface area contributed by atoms with Crippen molar-refractivity contribution < 1.29 is 9.59 Å². The third kappa shape index (κ3) is 3.53. The van der Waals surface area contributed by atoms with E-state index in [9.17, 15) is 9.59 Å². The lowest BCUT2D eigenvalue weighted by molar-refractivity contribution is -0.126. The molecule has 0 bridgehead atoms. The lowest BCUT2D eigenvalue weighted by Crippen LogP contribution is -2.17. The summed E-state index contributed by atoms with van der Waals surface area (Å²) in [4.78, 5) is 29.1. The first-order valence-electron chi connectivity index (χ1n) is 4.85. The number of aromatic nitrogens is 2. The van der Waals surface area contributed by atoms with Crippen molar-refractivity contribution in [3.05, 3.63) is 18.2 Å². The zero-order chi connectivity index (χ0) is 11.3. The maximum absolute atomic E-state index is 10.5. The molecule has 0 radical (unpaired) electrons. The monoisotopic (exact) mass is 209 g/mol.